The van der Waals surface area contributed by atoms with Gasteiger partial charge in [0, 0.05) is 30.1 Å². The highest BCUT2D eigenvalue weighted by molar-refractivity contribution is 7.99. The lowest BCUT2D eigenvalue weighted by molar-refractivity contribution is -0.135. The molecule has 0 amide bonds. The van der Waals surface area contributed by atoms with Crippen LogP contribution in [0.1, 0.15) is 38.2 Å². The number of rotatable bonds is 5. The van der Waals surface area contributed by atoms with E-state index >= 15 is 0 Å². The number of hydrogen-bond donors (Lipinski definition) is 0. The van der Waals surface area contributed by atoms with Gasteiger partial charge in [-0.15, -0.1) is 11.8 Å². The van der Waals surface area contributed by atoms with Crippen LogP contribution < -0.4 is 0 Å². The Kier molecular flexibility index (Phi) is 5.28. The smallest absolute Gasteiger partial charge is 0.138 e. The van der Waals surface area contributed by atoms with Crippen molar-refractivity contribution in [3.05, 3.63) is 29.8 Å². The molecule has 1 aromatic rings. The summed E-state index contributed by atoms with van der Waals surface area (Å²) >= 11 is 1.78. The van der Waals surface area contributed by atoms with Gasteiger partial charge in [0.2, 0.25) is 0 Å². The van der Waals surface area contributed by atoms with E-state index in [2.05, 4.69) is 38.1 Å². The molecule has 0 saturated heterocycles. The highest BCUT2D eigenvalue weighted by Crippen LogP contribution is 2.36. The van der Waals surface area contributed by atoms with Crippen LogP contribution in [-0.4, -0.2) is 24.2 Å². The van der Waals surface area contributed by atoms with E-state index in [0.29, 0.717) is 5.78 Å². The molecule has 0 N–H and O–H groups in total. The molecule has 0 radical (unpaired) electrons. The third kappa shape index (κ3) is 3.64. The van der Waals surface area contributed by atoms with Crippen LogP contribution in [0, 0.1) is 12.8 Å². The van der Waals surface area contributed by atoms with Gasteiger partial charge in [-0.2, -0.15) is 0 Å². The number of Topliss-reactive ketones (excluding diaryl/α,β-unsaturated/α-hetero) is 1. The van der Waals surface area contributed by atoms with Gasteiger partial charge in [-0.05, 0) is 38.8 Å². The summed E-state index contributed by atoms with van der Waals surface area (Å²) in [5, 5.41) is 0. The van der Waals surface area contributed by atoms with Gasteiger partial charge in [-0.3, -0.25) is 4.79 Å². The van der Waals surface area contributed by atoms with Gasteiger partial charge in [0.25, 0.3) is 0 Å². The average molecular weight is 292 g/mol. The molecule has 2 atom stereocenters. The minimum atomic E-state index is -0.354. The molecule has 1 aliphatic rings. The Morgan fingerprint density at radius 3 is 2.60 bits per heavy atom. The molecular weight excluding hydrogens is 268 g/mol. The van der Waals surface area contributed by atoms with Crippen LogP contribution in [0.25, 0.3) is 0 Å². The molecule has 1 aliphatic carbocycles. The van der Waals surface area contributed by atoms with E-state index in [1.54, 1.807) is 18.9 Å². The van der Waals surface area contributed by atoms with Crippen molar-refractivity contribution in [2.75, 3.05) is 12.9 Å². The molecule has 0 aromatic heterocycles. The largest absolute Gasteiger partial charge is 0.377 e. The summed E-state index contributed by atoms with van der Waals surface area (Å²) < 4.78 is 5.75. The van der Waals surface area contributed by atoms with Crippen LogP contribution in [0.4, 0.5) is 0 Å². The molecule has 3 heteroatoms. The first kappa shape index (κ1) is 15.6. The highest BCUT2D eigenvalue weighted by atomic mass is 32.2. The number of thioether (sulfide) groups is 1. The molecule has 1 aromatic carbocycles. The molecule has 1 fully saturated rings. The van der Waals surface area contributed by atoms with E-state index in [1.165, 1.54) is 10.5 Å². The van der Waals surface area contributed by atoms with Crippen molar-refractivity contribution >= 4 is 17.5 Å². The summed E-state index contributed by atoms with van der Waals surface area (Å²) in [6, 6.07) is 8.52. The molecule has 2 unspecified atom stereocenters. The molecule has 0 aliphatic heterocycles. The second-order valence-electron chi connectivity index (χ2n) is 5.88. The van der Waals surface area contributed by atoms with E-state index in [1.807, 2.05) is 0 Å². The fraction of sp³-hybridized carbons (Fsp3) is 0.588. The molecule has 20 heavy (non-hydrogen) atoms. The predicted octanol–water partition coefficient (Wildman–Crippen LogP) is 4.25. The van der Waals surface area contributed by atoms with Crippen LogP contribution in [0.2, 0.25) is 0 Å². The second-order valence-corrected chi connectivity index (χ2v) is 6.93. The van der Waals surface area contributed by atoms with Crippen molar-refractivity contribution in [1.82, 2.24) is 0 Å². The van der Waals surface area contributed by atoms with Crippen molar-refractivity contribution in [3.63, 3.8) is 0 Å². The summed E-state index contributed by atoms with van der Waals surface area (Å²) in [5.41, 5.74) is 0.916. The van der Waals surface area contributed by atoms with Crippen LogP contribution >= 0.6 is 11.8 Å². The quantitative estimate of drug-likeness (QED) is 0.759. The van der Waals surface area contributed by atoms with Crippen molar-refractivity contribution < 1.29 is 9.53 Å². The first-order chi connectivity index (χ1) is 9.55. The molecule has 0 spiro atoms. The third-order valence-corrected chi connectivity index (χ3v) is 5.63. The number of carbonyl (C=O) groups is 1. The topological polar surface area (TPSA) is 26.3 Å². The van der Waals surface area contributed by atoms with Crippen molar-refractivity contribution in [2.45, 2.75) is 50.0 Å². The maximum Gasteiger partial charge on any atom is 0.138 e. The minimum Gasteiger partial charge on any atom is -0.377 e. The van der Waals surface area contributed by atoms with Gasteiger partial charge in [-0.25, -0.2) is 0 Å². The fourth-order valence-electron chi connectivity index (χ4n) is 2.79. The van der Waals surface area contributed by atoms with Crippen LogP contribution in [0.15, 0.2) is 29.2 Å². The summed E-state index contributed by atoms with van der Waals surface area (Å²) in [5.74, 6) is 1.26. The summed E-state index contributed by atoms with van der Waals surface area (Å²) in [6.45, 7) is 4.18. The zero-order chi connectivity index (χ0) is 14.6. The average Bonchev–Trinajstić information content (AvgIpc) is 2.47. The number of aryl methyl sites for hydroxylation is 1. The second kappa shape index (κ2) is 6.77. The lowest BCUT2D eigenvalue weighted by atomic mass is 9.77. The number of hydrogen-bond acceptors (Lipinski definition) is 3. The van der Waals surface area contributed by atoms with Crippen LogP contribution in [0.5, 0.6) is 0 Å². The van der Waals surface area contributed by atoms with Gasteiger partial charge in [0.05, 0.1) is 5.60 Å². The molecule has 110 valence electrons. The maximum absolute atomic E-state index is 12.2. The Morgan fingerprint density at radius 2 is 2.00 bits per heavy atom. The monoisotopic (exact) mass is 292 g/mol. The lowest BCUT2D eigenvalue weighted by Gasteiger charge is -2.37. The van der Waals surface area contributed by atoms with E-state index in [0.717, 1.165) is 31.4 Å². The normalized spacial score (nSPS) is 22.6. The zero-order valence-corrected chi connectivity index (χ0v) is 13.5. The number of ketones is 1. The van der Waals surface area contributed by atoms with Gasteiger partial charge in [0.15, 0.2) is 0 Å². The van der Waals surface area contributed by atoms with Gasteiger partial charge in [0.1, 0.15) is 5.78 Å². The SMILES string of the molecule is COC(C)(CSc1ccc(C)cc1)C1CCCCC1=O. The standard InChI is InChI=1S/C17H24O2S/c1-13-8-10-14(11-9-13)20-12-17(2,19-3)15-6-4-5-7-16(15)18/h8-11,15H,4-7,12H2,1-3H3. The Balaban J connectivity index is 2.03. The fourth-order valence-corrected chi connectivity index (χ4v) is 3.89. The molecule has 0 heterocycles. The van der Waals surface area contributed by atoms with Crippen molar-refractivity contribution in [1.29, 1.82) is 0 Å². The third-order valence-electron chi connectivity index (χ3n) is 4.30. The number of carbonyl (C=O) groups excluding carboxylic acids is 1. The summed E-state index contributed by atoms with van der Waals surface area (Å²) in [4.78, 5) is 13.4. The Labute approximate surface area is 126 Å². The summed E-state index contributed by atoms with van der Waals surface area (Å²) in [6.07, 6.45) is 3.88. The van der Waals surface area contributed by atoms with E-state index in [-0.39, 0.29) is 11.5 Å². The lowest BCUT2D eigenvalue weighted by Crippen LogP contribution is -2.45. The first-order valence-electron chi connectivity index (χ1n) is 7.32. The van der Waals surface area contributed by atoms with Crippen molar-refractivity contribution in [2.24, 2.45) is 5.92 Å². The predicted molar refractivity (Wildman–Crippen MR) is 84.3 cm³/mol. The Morgan fingerprint density at radius 1 is 1.30 bits per heavy atom. The molecular formula is C17H24O2S. The van der Waals surface area contributed by atoms with E-state index in [9.17, 15) is 4.79 Å². The molecule has 0 bridgehead atoms. The number of ether oxygens (including phenoxy) is 1. The Bertz CT molecular complexity index is 455. The number of benzene rings is 1. The maximum atomic E-state index is 12.2. The van der Waals surface area contributed by atoms with E-state index in [4.69, 9.17) is 4.74 Å². The Hall–Kier alpha value is -0.800. The molecule has 2 rings (SSSR count). The first-order valence-corrected chi connectivity index (χ1v) is 8.31. The summed E-state index contributed by atoms with van der Waals surface area (Å²) in [7, 11) is 1.73. The van der Waals surface area contributed by atoms with Crippen LogP contribution in [-0.2, 0) is 9.53 Å². The molecule has 1 saturated carbocycles. The van der Waals surface area contributed by atoms with Crippen molar-refractivity contribution in [3.8, 4) is 0 Å². The van der Waals surface area contributed by atoms with Gasteiger partial charge < -0.3 is 4.74 Å². The molecule has 2 nitrogen and oxygen atoms in total. The minimum absolute atomic E-state index is 0.0548. The van der Waals surface area contributed by atoms with Gasteiger partial charge >= 0.3 is 0 Å². The highest BCUT2D eigenvalue weighted by Gasteiger charge is 2.40. The van der Waals surface area contributed by atoms with Crippen LogP contribution in [0.3, 0.4) is 0 Å². The zero-order valence-electron chi connectivity index (χ0n) is 12.6. The number of methoxy groups -OCH3 is 1. The van der Waals surface area contributed by atoms with Gasteiger partial charge in [-0.1, -0.05) is 24.1 Å². The van der Waals surface area contributed by atoms with E-state index < -0.39 is 0 Å².